The fourth-order valence-electron chi connectivity index (χ4n) is 10.1. The summed E-state index contributed by atoms with van der Waals surface area (Å²) in [4.78, 5) is 2.36. The maximum Gasteiger partial charge on any atom is 0.0620 e. The largest absolute Gasteiger partial charge is 0.311 e. The fraction of sp³-hybridized carbons (Fsp3) is 0. The van der Waals surface area contributed by atoms with Crippen molar-refractivity contribution in [1.29, 1.82) is 0 Å². The third-order valence-electron chi connectivity index (χ3n) is 13.1. The standard InChI is InChI=1S/C60H39N3/c1-2-11-40(12-3-1)41-21-30-46(31-22-41)61(47-32-23-42(24-33-47)43-25-36-49(37-26-43)62-56-18-7-4-13-50(56)51-14-5-8-19-57(51)62)48-34-27-44(28-35-48)45-29-38-59-55(39-45)54-17-10-16-53-52-15-6-9-20-58(52)63(59)60(53)54/h1-39H. The molecule has 0 radical (unpaired) electrons. The summed E-state index contributed by atoms with van der Waals surface area (Å²) in [7, 11) is 0. The van der Waals surface area contributed by atoms with Gasteiger partial charge in [-0.05, 0) is 112 Å². The van der Waals surface area contributed by atoms with Crippen molar-refractivity contribution in [2.24, 2.45) is 0 Å². The van der Waals surface area contributed by atoms with Crippen LogP contribution in [0, 0.1) is 0 Å². The van der Waals surface area contributed by atoms with Crippen LogP contribution >= 0.6 is 0 Å². The van der Waals surface area contributed by atoms with Gasteiger partial charge < -0.3 is 13.9 Å². The van der Waals surface area contributed by atoms with E-state index in [4.69, 9.17) is 0 Å². The summed E-state index contributed by atoms with van der Waals surface area (Å²) in [6.07, 6.45) is 0. The quantitative estimate of drug-likeness (QED) is 0.156. The molecule has 3 heterocycles. The summed E-state index contributed by atoms with van der Waals surface area (Å²) in [6.45, 7) is 0. The summed E-state index contributed by atoms with van der Waals surface area (Å²) >= 11 is 0. The van der Waals surface area contributed by atoms with E-state index in [1.807, 2.05) is 0 Å². The maximum absolute atomic E-state index is 2.44. The number of hydrogen-bond acceptors (Lipinski definition) is 1. The third-order valence-corrected chi connectivity index (χ3v) is 13.1. The Balaban J connectivity index is 0.854. The van der Waals surface area contributed by atoms with Crippen molar-refractivity contribution in [3.8, 4) is 39.1 Å². The second-order valence-electron chi connectivity index (χ2n) is 16.5. The van der Waals surface area contributed by atoms with Crippen molar-refractivity contribution < 1.29 is 0 Å². The number of aromatic nitrogens is 2. The van der Waals surface area contributed by atoms with Gasteiger partial charge in [0.1, 0.15) is 0 Å². The third kappa shape index (κ3) is 5.60. The number of nitrogens with zero attached hydrogens (tertiary/aromatic N) is 3. The van der Waals surface area contributed by atoms with E-state index in [-0.39, 0.29) is 0 Å². The van der Waals surface area contributed by atoms with Gasteiger partial charge in [0.2, 0.25) is 0 Å². The lowest BCUT2D eigenvalue weighted by Crippen LogP contribution is -2.09. The minimum atomic E-state index is 1.10. The summed E-state index contributed by atoms with van der Waals surface area (Å²) in [5.41, 5.74) is 17.9. The summed E-state index contributed by atoms with van der Waals surface area (Å²) in [5, 5.41) is 7.73. The molecule has 3 aromatic heterocycles. The molecule has 0 fully saturated rings. The molecule has 0 spiro atoms. The normalized spacial score (nSPS) is 11.8. The Hall–Kier alpha value is -8.40. The Bertz CT molecular complexity index is 3750. The van der Waals surface area contributed by atoms with Gasteiger partial charge in [-0.1, -0.05) is 158 Å². The molecular formula is C60H39N3. The SMILES string of the molecule is c1ccc(-c2ccc(N(c3ccc(-c4ccc(-n5c6ccccc6c6ccccc65)cc4)cc3)c3ccc(-c4ccc5c(c4)c4cccc6c7ccccc7n5c64)cc3)cc2)cc1. The van der Waals surface area contributed by atoms with Crippen molar-refractivity contribution >= 4 is 77.0 Å². The van der Waals surface area contributed by atoms with E-state index in [1.165, 1.54) is 93.3 Å². The zero-order chi connectivity index (χ0) is 41.4. The van der Waals surface area contributed by atoms with Crippen molar-refractivity contribution in [3.63, 3.8) is 0 Å². The summed E-state index contributed by atoms with van der Waals surface area (Å²) in [6, 6.07) is 86.2. The predicted molar refractivity (Wildman–Crippen MR) is 266 cm³/mol. The molecule has 0 saturated carbocycles. The van der Waals surface area contributed by atoms with Gasteiger partial charge >= 0.3 is 0 Å². The highest BCUT2D eigenvalue weighted by Gasteiger charge is 2.19. The van der Waals surface area contributed by atoms with E-state index in [0.29, 0.717) is 0 Å². The Morgan fingerprint density at radius 1 is 0.254 bits per heavy atom. The number of fused-ring (bicyclic) bond motifs is 9. The Kier molecular flexibility index (Phi) is 7.91. The molecule has 0 unspecified atom stereocenters. The zero-order valence-electron chi connectivity index (χ0n) is 34.4. The average Bonchev–Trinajstić information content (AvgIpc) is 4.00. The lowest BCUT2D eigenvalue weighted by atomic mass is 10.0. The van der Waals surface area contributed by atoms with Crippen LogP contribution in [0.1, 0.15) is 0 Å². The first-order chi connectivity index (χ1) is 31.2. The van der Waals surface area contributed by atoms with E-state index < -0.39 is 0 Å². The van der Waals surface area contributed by atoms with E-state index in [0.717, 1.165) is 22.7 Å². The minimum absolute atomic E-state index is 1.10. The molecule has 10 aromatic carbocycles. The van der Waals surface area contributed by atoms with Gasteiger partial charge in [0.05, 0.1) is 27.6 Å². The number of anilines is 3. The molecule has 0 N–H and O–H groups in total. The van der Waals surface area contributed by atoms with Crippen molar-refractivity contribution in [3.05, 3.63) is 237 Å². The van der Waals surface area contributed by atoms with Crippen LogP contribution in [0.25, 0.3) is 99.0 Å². The molecule has 294 valence electrons. The van der Waals surface area contributed by atoms with Gasteiger partial charge in [0, 0.05) is 55.1 Å². The molecule has 0 aliphatic rings. The van der Waals surface area contributed by atoms with Gasteiger partial charge in [0.25, 0.3) is 0 Å². The molecule has 0 saturated heterocycles. The van der Waals surface area contributed by atoms with Crippen LogP contribution in [0.2, 0.25) is 0 Å². The first-order valence-electron chi connectivity index (χ1n) is 21.7. The highest BCUT2D eigenvalue weighted by Crippen LogP contribution is 2.42. The molecule has 3 heteroatoms. The van der Waals surface area contributed by atoms with E-state index >= 15 is 0 Å². The van der Waals surface area contributed by atoms with Gasteiger partial charge in [0.15, 0.2) is 0 Å². The van der Waals surface area contributed by atoms with Crippen LogP contribution in [-0.4, -0.2) is 8.97 Å². The molecule has 63 heavy (non-hydrogen) atoms. The smallest absolute Gasteiger partial charge is 0.0620 e. The molecular weight excluding hydrogens is 763 g/mol. The van der Waals surface area contributed by atoms with E-state index in [1.54, 1.807) is 0 Å². The second kappa shape index (κ2) is 14.1. The Labute approximate surface area is 364 Å². The lowest BCUT2D eigenvalue weighted by molar-refractivity contribution is 1.18. The molecule has 0 bridgehead atoms. The second-order valence-corrected chi connectivity index (χ2v) is 16.5. The van der Waals surface area contributed by atoms with Crippen LogP contribution in [0.4, 0.5) is 17.1 Å². The number of benzene rings is 10. The molecule has 3 nitrogen and oxygen atoms in total. The van der Waals surface area contributed by atoms with E-state index in [2.05, 4.69) is 250 Å². The maximum atomic E-state index is 2.44. The Morgan fingerprint density at radius 3 is 1.19 bits per heavy atom. The highest BCUT2D eigenvalue weighted by molar-refractivity contribution is 6.23. The van der Waals surface area contributed by atoms with Gasteiger partial charge in [-0.15, -0.1) is 0 Å². The van der Waals surface area contributed by atoms with Crippen molar-refractivity contribution in [2.75, 3.05) is 4.90 Å². The minimum Gasteiger partial charge on any atom is -0.311 e. The van der Waals surface area contributed by atoms with Crippen LogP contribution in [0.15, 0.2) is 237 Å². The molecule has 0 atom stereocenters. The highest BCUT2D eigenvalue weighted by atomic mass is 15.1. The van der Waals surface area contributed by atoms with E-state index in [9.17, 15) is 0 Å². The molecule has 13 rings (SSSR count). The van der Waals surface area contributed by atoms with Crippen LogP contribution in [0.3, 0.4) is 0 Å². The summed E-state index contributed by atoms with van der Waals surface area (Å²) < 4.78 is 4.81. The Morgan fingerprint density at radius 2 is 0.635 bits per heavy atom. The van der Waals surface area contributed by atoms with Crippen molar-refractivity contribution in [2.45, 2.75) is 0 Å². The van der Waals surface area contributed by atoms with Gasteiger partial charge in [-0.2, -0.15) is 0 Å². The zero-order valence-corrected chi connectivity index (χ0v) is 34.4. The predicted octanol–water partition coefficient (Wildman–Crippen LogP) is 16.4. The first kappa shape index (κ1) is 35.4. The van der Waals surface area contributed by atoms with Crippen molar-refractivity contribution in [1.82, 2.24) is 8.97 Å². The van der Waals surface area contributed by atoms with Gasteiger partial charge in [-0.25, -0.2) is 0 Å². The monoisotopic (exact) mass is 801 g/mol. The summed E-state index contributed by atoms with van der Waals surface area (Å²) in [5.74, 6) is 0. The molecule has 0 aliphatic carbocycles. The average molecular weight is 802 g/mol. The molecule has 0 amide bonds. The van der Waals surface area contributed by atoms with Crippen LogP contribution < -0.4 is 4.90 Å². The number of rotatable bonds is 7. The fourth-order valence-corrected chi connectivity index (χ4v) is 10.1. The molecule has 13 aromatic rings. The van der Waals surface area contributed by atoms with Crippen LogP contribution in [-0.2, 0) is 0 Å². The number of para-hydroxylation sites is 4. The van der Waals surface area contributed by atoms with Gasteiger partial charge in [-0.3, -0.25) is 0 Å². The molecule has 0 aliphatic heterocycles. The van der Waals surface area contributed by atoms with Crippen LogP contribution in [0.5, 0.6) is 0 Å². The topological polar surface area (TPSA) is 12.6 Å². The number of hydrogen-bond donors (Lipinski definition) is 0. The first-order valence-corrected chi connectivity index (χ1v) is 21.7. The lowest BCUT2D eigenvalue weighted by Gasteiger charge is -2.26.